The van der Waals surface area contributed by atoms with Gasteiger partial charge in [0, 0.05) is 12.1 Å². The second kappa shape index (κ2) is 8.18. The highest BCUT2D eigenvalue weighted by atomic mass is 16.2. The van der Waals surface area contributed by atoms with E-state index in [1.807, 2.05) is 60.7 Å². The third-order valence-corrected chi connectivity index (χ3v) is 3.99. The van der Waals surface area contributed by atoms with E-state index in [0.29, 0.717) is 12.4 Å². The molecule has 0 aliphatic rings. The largest absolute Gasteiger partial charge is 0.365 e. The zero-order valence-corrected chi connectivity index (χ0v) is 15.0. The minimum absolute atomic E-state index is 0.150. The average Bonchev–Trinajstić information content (AvgIpc) is 3.00. The molecule has 138 valence electrons. The summed E-state index contributed by atoms with van der Waals surface area (Å²) in [5, 5.41) is 10.3. The summed E-state index contributed by atoms with van der Waals surface area (Å²) in [6, 6.07) is 19.1. The fourth-order valence-corrected chi connectivity index (χ4v) is 2.66. The van der Waals surface area contributed by atoms with Gasteiger partial charge in [0.1, 0.15) is 11.4 Å². The number of carbonyl (C=O) groups excluding carboxylic acids is 2. The number of benzene rings is 2. The van der Waals surface area contributed by atoms with Crippen LogP contribution in [0.4, 0.5) is 17.3 Å². The number of para-hydroxylation sites is 1. The highest BCUT2D eigenvalue weighted by Gasteiger charge is 2.23. The van der Waals surface area contributed by atoms with Crippen molar-refractivity contribution in [2.75, 3.05) is 10.6 Å². The van der Waals surface area contributed by atoms with E-state index in [4.69, 9.17) is 5.73 Å². The van der Waals surface area contributed by atoms with Crippen molar-refractivity contribution in [2.45, 2.75) is 19.9 Å². The quantitative estimate of drug-likeness (QED) is 0.600. The molecule has 0 aliphatic heterocycles. The first-order valence-corrected chi connectivity index (χ1v) is 8.65. The van der Waals surface area contributed by atoms with E-state index >= 15 is 0 Å². The Morgan fingerprint density at radius 3 is 2.26 bits per heavy atom. The summed E-state index contributed by atoms with van der Waals surface area (Å²) in [5.74, 6) is -0.320. The van der Waals surface area contributed by atoms with Crippen molar-refractivity contribution in [3.8, 4) is 0 Å². The summed E-state index contributed by atoms with van der Waals surface area (Å²) in [7, 11) is 0. The van der Waals surface area contributed by atoms with Crippen LogP contribution in [0, 0.1) is 0 Å². The molecule has 4 N–H and O–H groups in total. The molecule has 3 aromatic rings. The van der Waals surface area contributed by atoms with Gasteiger partial charge in [-0.1, -0.05) is 55.5 Å². The van der Waals surface area contributed by atoms with Crippen LogP contribution < -0.4 is 16.4 Å². The topological polar surface area (TPSA) is 102 Å². The summed E-state index contributed by atoms with van der Waals surface area (Å²) in [5.41, 5.74) is 7.54. The number of nitrogens with zero attached hydrogens (tertiary/aromatic N) is 2. The molecule has 7 heteroatoms. The van der Waals surface area contributed by atoms with Gasteiger partial charge in [-0.05, 0) is 17.7 Å². The Morgan fingerprint density at radius 2 is 1.67 bits per heavy atom. The van der Waals surface area contributed by atoms with Gasteiger partial charge < -0.3 is 16.4 Å². The van der Waals surface area contributed by atoms with Crippen molar-refractivity contribution in [3.05, 3.63) is 71.8 Å². The summed E-state index contributed by atoms with van der Waals surface area (Å²) < 4.78 is 1.63. The summed E-state index contributed by atoms with van der Waals surface area (Å²) >= 11 is 0. The Hall–Kier alpha value is -3.61. The standard InChI is InChI=1S/C20H21N5O2/c1-2-16(26)23-19-17(18(21)27)20(22-15-11-7-4-8-12-15)25(24-19)13-14-9-5-3-6-10-14/h3-12,22H,2,13H2,1H3,(H2,21,27)(H,23,24,26). The van der Waals surface area contributed by atoms with Crippen LogP contribution >= 0.6 is 0 Å². The van der Waals surface area contributed by atoms with E-state index in [-0.39, 0.29) is 23.7 Å². The Labute approximate surface area is 157 Å². The van der Waals surface area contributed by atoms with E-state index in [1.54, 1.807) is 11.6 Å². The maximum Gasteiger partial charge on any atom is 0.256 e. The van der Waals surface area contributed by atoms with E-state index in [1.165, 1.54) is 0 Å². The van der Waals surface area contributed by atoms with Crippen LogP contribution in [-0.2, 0) is 11.3 Å². The number of anilines is 3. The maximum atomic E-state index is 12.1. The van der Waals surface area contributed by atoms with Crippen molar-refractivity contribution in [1.82, 2.24) is 9.78 Å². The number of rotatable bonds is 7. The van der Waals surface area contributed by atoms with Crippen molar-refractivity contribution in [2.24, 2.45) is 5.73 Å². The van der Waals surface area contributed by atoms with Gasteiger partial charge in [0.2, 0.25) is 5.91 Å². The fourth-order valence-electron chi connectivity index (χ4n) is 2.66. The summed E-state index contributed by atoms with van der Waals surface area (Å²) in [4.78, 5) is 24.0. The first kappa shape index (κ1) is 18.2. The minimum Gasteiger partial charge on any atom is -0.365 e. The molecule has 0 spiro atoms. The molecule has 0 radical (unpaired) electrons. The normalized spacial score (nSPS) is 10.4. The molecule has 1 heterocycles. The van der Waals surface area contributed by atoms with E-state index in [0.717, 1.165) is 11.3 Å². The Kier molecular flexibility index (Phi) is 5.51. The van der Waals surface area contributed by atoms with Crippen molar-refractivity contribution in [1.29, 1.82) is 0 Å². The third kappa shape index (κ3) is 4.33. The SMILES string of the molecule is CCC(=O)Nc1nn(Cc2ccccc2)c(Nc2ccccc2)c1C(N)=O. The first-order chi connectivity index (χ1) is 13.1. The van der Waals surface area contributed by atoms with Crippen molar-refractivity contribution >= 4 is 29.1 Å². The average molecular weight is 363 g/mol. The Balaban J connectivity index is 2.07. The van der Waals surface area contributed by atoms with Gasteiger partial charge in [0.25, 0.3) is 5.91 Å². The highest BCUT2D eigenvalue weighted by molar-refractivity contribution is 6.06. The van der Waals surface area contributed by atoms with Crippen LogP contribution in [0.1, 0.15) is 29.3 Å². The van der Waals surface area contributed by atoms with Gasteiger partial charge in [-0.3, -0.25) is 9.59 Å². The number of nitrogens with one attached hydrogen (secondary N) is 2. The maximum absolute atomic E-state index is 12.1. The van der Waals surface area contributed by atoms with Gasteiger partial charge in [-0.2, -0.15) is 5.10 Å². The third-order valence-electron chi connectivity index (χ3n) is 3.99. The van der Waals surface area contributed by atoms with Crippen LogP contribution in [0.15, 0.2) is 60.7 Å². The molecule has 0 unspecified atom stereocenters. The lowest BCUT2D eigenvalue weighted by atomic mass is 10.2. The van der Waals surface area contributed by atoms with Crippen molar-refractivity contribution < 1.29 is 9.59 Å². The van der Waals surface area contributed by atoms with Crippen LogP contribution in [0.2, 0.25) is 0 Å². The number of hydrogen-bond donors (Lipinski definition) is 3. The van der Waals surface area contributed by atoms with E-state index < -0.39 is 5.91 Å². The number of carbonyl (C=O) groups is 2. The summed E-state index contributed by atoms with van der Waals surface area (Å²) in [6.45, 7) is 2.14. The second-order valence-electron chi connectivity index (χ2n) is 5.97. The zero-order valence-electron chi connectivity index (χ0n) is 15.0. The number of nitrogens with two attached hydrogens (primary N) is 1. The van der Waals surface area contributed by atoms with Crippen LogP contribution in [0.5, 0.6) is 0 Å². The molecule has 3 rings (SSSR count). The number of amides is 2. The molecule has 7 nitrogen and oxygen atoms in total. The molecule has 0 aliphatic carbocycles. The predicted octanol–water partition coefficient (Wildman–Crippen LogP) is 3.12. The highest BCUT2D eigenvalue weighted by Crippen LogP contribution is 2.28. The molecule has 0 saturated heterocycles. The second-order valence-corrected chi connectivity index (χ2v) is 5.97. The predicted molar refractivity (Wildman–Crippen MR) is 105 cm³/mol. The number of hydrogen-bond acceptors (Lipinski definition) is 4. The molecule has 2 aromatic carbocycles. The van der Waals surface area contributed by atoms with Gasteiger partial charge in [-0.15, -0.1) is 0 Å². The van der Waals surface area contributed by atoms with Crippen LogP contribution in [0.25, 0.3) is 0 Å². The fraction of sp³-hybridized carbons (Fsp3) is 0.150. The van der Waals surface area contributed by atoms with E-state index in [9.17, 15) is 9.59 Å². The molecule has 0 fully saturated rings. The lowest BCUT2D eigenvalue weighted by Gasteiger charge is -2.11. The smallest absolute Gasteiger partial charge is 0.256 e. The molecular weight excluding hydrogens is 342 g/mol. The molecule has 27 heavy (non-hydrogen) atoms. The van der Waals surface area contributed by atoms with Gasteiger partial charge in [0.15, 0.2) is 5.82 Å². The number of aromatic nitrogens is 2. The first-order valence-electron chi connectivity index (χ1n) is 8.65. The molecule has 0 bridgehead atoms. The lowest BCUT2D eigenvalue weighted by molar-refractivity contribution is -0.115. The molecule has 1 aromatic heterocycles. The van der Waals surface area contributed by atoms with Gasteiger partial charge in [-0.25, -0.2) is 4.68 Å². The molecule has 0 atom stereocenters. The minimum atomic E-state index is -0.667. The van der Waals surface area contributed by atoms with Crippen LogP contribution in [0.3, 0.4) is 0 Å². The van der Waals surface area contributed by atoms with Crippen molar-refractivity contribution in [3.63, 3.8) is 0 Å². The number of primary amides is 1. The summed E-state index contributed by atoms with van der Waals surface area (Å²) in [6.07, 6.45) is 0.269. The van der Waals surface area contributed by atoms with Gasteiger partial charge in [0.05, 0.1) is 6.54 Å². The molecular formula is C20H21N5O2. The van der Waals surface area contributed by atoms with Crippen LogP contribution in [-0.4, -0.2) is 21.6 Å². The Bertz CT molecular complexity index is 936. The monoisotopic (exact) mass is 363 g/mol. The molecule has 0 saturated carbocycles. The zero-order chi connectivity index (χ0) is 19.2. The Morgan fingerprint density at radius 1 is 1.04 bits per heavy atom. The van der Waals surface area contributed by atoms with E-state index in [2.05, 4.69) is 15.7 Å². The molecule has 2 amide bonds. The van der Waals surface area contributed by atoms with Gasteiger partial charge >= 0.3 is 0 Å². The lowest BCUT2D eigenvalue weighted by Crippen LogP contribution is -2.17.